The molecule has 1 unspecified atom stereocenters. The number of nitrogens with one attached hydrogen (secondary N) is 2. The number of benzene rings is 2. The second kappa shape index (κ2) is 6.18. The Labute approximate surface area is 126 Å². The van der Waals surface area contributed by atoms with Crippen LogP contribution in [-0.4, -0.2) is 14.7 Å². The molecule has 0 bridgehead atoms. The summed E-state index contributed by atoms with van der Waals surface area (Å²) in [6.45, 7) is 4.17. The summed E-state index contributed by atoms with van der Waals surface area (Å²) in [7, 11) is -3.23. The fraction of sp³-hybridized carbons (Fsp3) is 0.250. The maximum absolute atomic E-state index is 11.2. The van der Waals surface area contributed by atoms with E-state index in [1.54, 1.807) is 12.1 Å². The maximum Gasteiger partial charge on any atom is 0.229 e. The first-order chi connectivity index (χ1) is 9.83. The summed E-state index contributed by atoms with van der Waals surface area (Å²) in [6, 6.07) is 15.7. The zero-order valence-corrected chi connectivity index (χ0v) is 13.2. The lowest BCUT2D eigenvalue weighted by Gasteiger charge is -2.16. The lowest BCUT2D eigenvalue weighted by Crippen LogP contribution is -2.10. The highest BCUT2D eigenvalue weighted by molar-refractivity contribution is 7.92. The molecule has 0 fully saturated rings. The van der Waals surface area contributed by atoms with E-state index >= 15 is 0 Å². The highest BCUT2D eigenvalue weighted by Crippen LogP contribution is 2.21. The molecule has 2 aromatic carbocycles. The molecule has 0 heterocycles. The lowest BCUT2D eigenvalue weighted by atomic mass is 10.1. The van der Waals surface area contributed by atoms with Crippen LogP contribution in [0.15, 0.2) is 48.5 Å². The largest absolute Gasteiger partial charge is 0.379 e. The van der Waals surface area contributed by atoms with Gasteiger partial charge in [0, 0.05) is 17.4 Å². The number of hydrogen-bond donors (Lipinski definition) is 2. The summed E-state index contributed by atoms with van der Waals surface area (Å²) < 4.78 is 24.8. The third-order valence-corrected chi connectivity index (χ3v) is 3.72. The van der Waals surface area contributed by atoms with Crippen LogP contribution < -0.4 is 10.0 Å². The third-order valence-electron chi connectivity index (χ3n) is 3.11. The Bertz CT molecular complexity index is 709. The molecule has 112 valence electrons. The molecule has 5 heteroatoms. The molecule has 21 heavy (non-hydrogen) atoms. The number of sulfonamides is 1. The minimum Gasteiger partial charge on any atom is -0.379 e. The Kier molecular flexibility index (Phi) is 4.53. The van der Waals surface area contributed by atoms with E-state index in [0.717, 1.165) is 11.9 Å². The summed E-state index contributed by atoms with van der Waals surface area (Å²) in [5, 5.41) is 3.40. The van der Waals surface area contributed by atoms with Crippen molar-refractivity contribution in [3.05, 3.63) is 59.7 Å². The van der Waals surface area contributed by atoms with E-state index in [0.29, 0.717) is 5.69 Å². The average Bonchev–Trinajstić information content (AvgIpc) is 2.39. The molecule has 0 saturated heterocycles. The minimum absolute atomic E-state index is 0.179. The van der Waals surface area contributed by atoms with Gasteiger partial charge in [-0.3, -0.25) is 4.72 Å². The van der Waals surface area contributed by atoms with Gasteiger partial charge in [0.1, 0.15) is 0 Å². The fourth-order valence-electron chi connectivity index (χ4n) is 2.12. The summed E-state index contributed by atoms with van der Waals surface area (Å²) in [6.07, 6.45) is 1.14. The van der Waals surface area contributed by atoms with Crippen molar-refractivity contribution in [1.29, 1.82) is 0 Å². The summed E-state index contributed by atoms with van der Waals surface area (Å²) >= 11 is 0. The maximum atomic E-state index is 11.2. The van der Waals surface area contributed by atoms with Gasteiger partial charge in [-0.15, -0.1) is 0 Å². The lowest BCUT2D eigenvalue weighted by molar-refractivity contribution is 0.607. The van der Waals surface area contributed by atoms with Crippen LogP contribution in [-0.2, 0) is 10.0 Å². The highest BCUT2D eigenvalue weighted by atomic mass is 32.2. The molecule has 0 aromatic heterocycles. The minimum atomic E-state index is -3.23. The number of anilines is 2. The Morgan fingerprint density at radius 3 is 2.19 bits per heavy atom. The zero-order valence-electron chi connectivity index (χ0n) is 12.4. The van der Waals surface area contributed by atoms with E-state index < -0.39 is 10.0 Å². The first-order valence-corrected chi connectivity index (χ1v) is 8.63. The molecular weight excluding hydrogens is 284 g/mol. The van der Waals surface area contributed by atoms with Crippen molar-refractivity contribution in [3.63, 3.8) is 0 Å². The molecule has 0 aliphatic carbocycles. The second-order valence-electron chi connectivity index (χ2n) is 5.23. The van der Waals surface area contributed by atoms with Crippen molar-refractivity contribution in [2.24, 2.45) is 0 Å². The zero-order chi connectivity index (χ0) is 15.5. The highest BCUT2D eigenvalue weighted by Gasteiger charge is 2.06. The van der Waals surface area contributed by atoms with Crippen LogP contribution in [0.5, 0.6) is 0 Å². The van der Waals surface area contributed by atoms with Crippen molar-refractivity contribution >= 4 is 21.4 Å². The first-order valence-electron chi connectivity index (χ1n) is 6.74. The molecule has 2 rings (SSSR count). The molecule has 2 aromatic rings. The number of aryl methyl sites for hydroxylation is 1. The normalized spacial score (nSPS) is 12.7. The van der Waals surface area contributed by atoms with Crippen molar-refractivity contribution in [1.82, 2.24) is 0 Å². The Morgan fingerprint density at radius 1 is 1.00 bits per heavy atom. The summed E-state index contributed by atoms with van der Waals surface area (Å²) in [5.41, 5.74) is 3.96. The average molecular weight is 304 g/mol. The molecule has 0 saturated carbocycles. The van der Waals surface area contributed by atoms with E-state index in [2.05, 4.69) is 42.1 Å². The summed E-state index contributed by atoms with van der Waals surface area (Å²) in [4.78, 5) is 0. The number of hydrogen-bond acceptors (Lipinski definition) is 3. The quantitative estimate of drug-likeness (QED) is 0.888. The van der Waals surface area contributed by atoms with Gasteiger partial charge in [0.2, 0.25) is 10.0 Å². The SMILES string of the molecule is Cc1cccc(C(C)Nc2ccc(NS(C)(=O)=O)cc2)c1. The molecule has 4 nitrogen and oxygen atoms in total. The molecule has 0 aliphatic heterocycles. The van der Waals surface area contributed by atoms with Crippen molar-refractivity contribution in [2.75, 3.05) is 16.3 Å². The van der Waals surface area contributed by atoms with Gasteiger partial charge < -0.3 is 5.32 Å². The molecule has 0 aliphatic rings. The second-order valence-corrected chi connectivity index (χ2v) is 6.98. The van der Waals surface area contributed by atoms with Gasteiger partial charge in [0.15, 0.2) is 0 Å². The van der Waals surface area contributed by atoms with Crippen LogP contribution in [0.1, 0.15) is 24.1 Å². The van der Waals surface area contributed by atoms with Crippen LogP contribution >= 0.6 is 0 Å². The Morgan fingerprint density at radius 2 is 1.62 bits per heavy atom. The van der Waals surface area contributed by atoms with Gasteiger partial charge in [0.25, 0.3) is 0 Å². The Hall–Kier alpha value is -2.01. The third kappa shape index (κ3) is 4.79. The van der Waals surface area contributed by atoms with Gasteiger partial charge in [-0.2, -0.15) is 0 Å². The predicted octanol–water partition coefficient (Wildman–Crippen LogP) is 3.54. The van der Waals surface area contributed by atoms with E-state index in [9.17, 15) is 8.42 Å². The van der Waals surface area contributed by atoms with Gasteiger partial charge in [-0.05, 0) is 43.7 Å². The van der Waals surface area contributed by atoms with Crippen molar-refractivity contribution < 1.29 is 8.42 Å². The molecular formula is C16H20N2O2S. The molecule has 2 N–H and O–H groups in total. The molecule has 0 spiro atoms. The van der Waals surface area contributed by atoms with E-state index in [1.165, 1.54) is 11.1 Å². The standard InChI is InChI=1S/C16H20N2O2S/c1-12-5-4-6-14(11-12)13(2)17-15-7-9-16(10-8-15)18-21(3,19)20/h4-11,13,17-18H,1-3H3. The van der Waals surface area contributed by atoms with Gasteiger partial charge in [-0.25, -0.2) is 8.42 Å². The smallest absolute Gasteiger partial charge is 0.229 e. The molecule has 0 amide bonds. The first kappa shape index (κ1) is 15.4. The predicted molar refractivity (Wildman–Crippen MR) is 88.1 cm³/mol. The van der Waals surface area contributed by atoms with Crippen LogP contribution in [0, 0.1) is 6.92 Å². The monoisotopic (exact) mass is 304 g/mol. The van der Waals surface area contributed by atoms with Crippen molar-refractivity contribution in [3.8, 4) is 0 Å². The van der Waals surface area contributed by atoms with Gasteiger partial charge in [-0.1, -0.05) is 29.8 Å². The molecule has 1 atom stereocenters. The van der Waals surface area contributed by atoms with Gasteiger partial charge in [0.05, 0.1) is 6.26 Å². The van der Waals surface area contributed by atoms with Crippen molar-refractivity contribution in [2.45, 2.75) is 19.9 Å². The van der Waals surface area contributed by atoms with Crippen LogP contribution in [0.25, 0.3) is 0 Å². The van der Waals surface area contributed by atoms with Crippen LogP contribution in [0.3, 0.4) is 0 Å². The van der Waals surface area contributed by atoms with E-state index in [1.807, 2.05) is 18.2 Å². The van der Waals surface area contributed by atoms with E-state index in [-0.39, 0.29) is 6.04 Å². The molecule has 0 radical (unpaired) electrons. The fourth-order valence-corrected chi connectivity index (χ4v) is 2.69. The van der Waals surface area contributed by atoms with Crippen LogP contribution in [0.4, 0.5) is 11.4 Å². The summed E-state index contributed by atoms with van der Waals surface area (Å²) in [5.74, 6) is 0. The Balaban J connectivity index is 2.06. The topological polar surface area (TPSA) is 58.2 Å². The van der Waals surface area contributed by atoms with Crippen LogP contribution in [0.2, 0.25) is 0 Å². The van der Waals surface area contributed by atoms with Gasteiger partial charge >= 0.3 is 0 Å². The van der Waals surface area contributed by atoms with E-state index in [4.69, 9.17) is 0 Å². The number of rotatable bonds is 5.